The fourth-order valence-corrected chi connectivity index (χ4v) is 4.51. The molecule has 0 bridgehead atoms. The normalized spacial score (nSPS) is 11.0. The molecule has 0 saturated carbocycles. The van der Waals surface area contributed by atoms with Crippen molar-refractivity contribution in [1.82, 2.24) is 15.0 Å². The van der Waals surface area contributed by atoms with E-state index in [1.807, 2.05) is 91.0 Å². The first-order valence-corrected chi connectivity index (χ1v) is 11.8. The highest BCUT2D eigenvalue weighted by Crippen LogP contribution is 2.34. The molecular formula is C31H20ClN3. The van der Waals surface area contributed by atoms with E-state index >= 15 is 0 Å². The second-order valence-corrected chi connectivity index (χ2v) is 8.67. The fourth-order valence-electron chi connectivity index (χ4n) is 4.28. The van der Waals surface area contributed by atoms with Gasteiger partial charge in [-0.05, 0) is 28.6 Å². The van der Waals surface area contributed by atoms with Crippen LogP contribution < -0.4 is 0 Å². The van der Waals surface area contributed by atoms with E-state index in [-0.39, 0.29) is 0 Å². The summed E-state index contributed by atoms with van der Waals surface area (Å²) in [5, 5.41) is 2.90. The third-order valence-corrected chi connectivity index (χ3v) is 6.33. The summed E-state index contributed by atoms with van der Waals surface area (Å²) >= 11 is 6.47. The van der Waals surface area contributed by atoms with Crippen LogP contribution in [0, 0.1) is 0 Å². The third kappa shape index (κ3) is 4.18. The summed E-state index contributed by atoms with van der Waals surface area (Å²) in [5.41, 5.74) is 5.03. The van der Waals surface area contributed by atoms with E-state index < -0.39 is 0 Å². The van der Waals surface area contributed by atoms with E-state index in [2.05, 4.69) is 30.3 Å². The van der Waals surface area contributed by atoms with Gasteiger partial charge in [-0.1, -0.05) is 121 Å². The Balaban J connectivity index is 1.52. The van der Waals surface area contributed by atoms with E-state index in [1.54, 1.807) is 0 Å². The summed E-state index contributed by atoms with van der Waals surface area (Å²) < 4.78 is 0. The number of hydrogen-bond donors (Lipinski definition) is 0. The second kappa shape index (κ2) is 9.13. The highest BCUT2D eigenvalue weighted by molar-refractivity contribution is 6.36. The summed E-state index contributed by atoms with van der Waals surface area (Å²) in [6.07, 6.45) is 0. The molecule has 0 spiro atoms. The van der Waals surface area contributed by atoms with Gasteiger partial charge in [0.2, 0.25) is 0 Å². The Kier molecular flexibility index (Phi) is 5.53. The second-order valence-electron chi connectivity index (χ2n) is 8.26. The van der Waals surface area contributed by atoms with E-state index in [9.17, 15) is 0 Å². The summed E-state index contributed by atoms with van der Waals surface area (Å²) in [6, 6.07) is 40.6. The minimum absolute atomic E-state index is 0.637. The number of halogens is 1. The first kappa shape index (κ1) is 21.2. The highest BCUT2D eigenvalue weighted by Gasteiger charge is 2.13. The average Bonchev–Trinajstić information content (AvgIpc) is 2.94. The molecule has 1 heterocycles. The molecule has 6 aromatic rings. The number of aromatic nitrogens is 3. The lowest BCUT2D eigenvalue weighted by atomic mass is 9.97. The van der Waals surface area contributed by atoms with Gasteiger partial charge in [-0.3, -0.25) is 0 Å². The molecule has 0 radical (unpaired) electrons. The van der Waals surface area contributed by atoms with E-state index in [1.165, 1.54) is 0 Å². The SMILES string of the molecule is Clc1ccc(-c2cccc(-c3nc(-c4ccccc4)nc(-c4ccccc4)n3)c2)c2ccccc12. The van der Waals surface area contributed by atoms with Crippen molar-refractivity contribution in [3.05, 3.63) is 126 Å². The lowest BCUT2D eigenvalue weighted by molar-refractivity contribution is 1.07. The van der Waals surface area contributed by atoms with Crippen LogP contribution in [-0.4, -0.2) is 15.0 Å². The predicted molar refractivity (Wildman–Crippen MR) is 144 cm³/mol. The van der Waals surface area contributed by atoms with Gasteiger partial charge in [-0.2, -0.15) is 0 Å². The third-order valence-electron chi connectivity index (χ3n) is 6.00. The Morgan fingerprint density at radius 2 is 0.886 bits per heavy atom. The van der Waals surface area contributed by atoms with Crippen molar-refractivity contribution in [3.8, 4) is 45.3 Å². The predicted octanol–water partition coefficient (Wildman–Crippen LogP) is 8.35. The standard InChI is InChI=1S/C31H20ClN3/c32-28-19-18-25(26-16-7-8-17-27(26)28)23-14-9-15-24(20-23)31-34-29(21-10-3-1-4-11-21)33-30(35-31)22-12-5-2-6-13-22/h1-20H. The lowest BCUT2D eigenvalue weighted by Gasteiger charge is -2.11. The number of hydrogen-bond acceptors (Lipinski definition) is 3. The molecule has 0 saturated heterocycles. The summed E-state index contributed by atoms with van der Waals surface area (Å²) in [4.78, 5) is 14.5. The molecule has 0 fully saturated rings. The molecular weight excluding hydrogens is 450 g/mol. The molecule has 6 rings (SSSR count). The van der Waals surface area contributed by atoms with Crippen LogP contribution in [0.5, 0.6) is 0 Å². The molecule has 0 aliphatic rings. The monoisotopic (exact) mass is 469 g/mol. The van der Waals surface area contributed by atoms with Crippen molar-refractivity contribution in [3.63, 3.8) is 0 Å². The Morgan fingerprint density at radius 3 is 1.51 bits per heavy atom. The van der Waals surface area contributed by atoms with Crippen molar-refractivity contribution in [2.45, 2.75) is 0 Å². The van der Waals surface area contributed by atoms with Crippen molar-refractivity contribution >= 4 is 22.4 Å². The van der Waals surface area contributed by atoms with Gasteiger partial charge < -0.3 is 0 Å². The zero-order valence-electron chi connectivity index (χ0n) is 18.8. The number of fused-ring (bicyclic) bond motifs is 1. The molecule has 0 aliphatic carbocycles. The largest absolute Gasteiger partial charge is 0.208 e. The zero-order valence-corrected chi connectivity index (χ0v) is 19.5. The van der Waals surface area contributed by atoms with Crippen LogP contribution in [0.25, 0.3) is 56.1 Å². The first-order chi connectivity index (χ1) is 17.3. The minimum atomic E-state index is 0.637. The van der Waals surface area contributed by atoms with Gasteiger partial charge in [-0.25, -0.2) is 15.0 Å². The molecule has 166 valence electrons. The van der Waals surface area contributed by atoms with Crippen LogP contribution in [0.1, 0.15) is 0 Å². The fraction of sp³-hybridized carbons (Fsp3) is 0. The number of benzene rings is 5. The molecule has 0 aliphatic heterocycles. The zero-order chi connectivity index (χ0) is 23.6. The van der Waals surface area contributed by atoms with Crippen LogP contribution in [0.4, 0.5) is 0 Å². The minimum Gasteiger partial charge on any atom is -0.208 e. The van der Waals surface area contributed by atoms with E-state index in [4.69, 9.17) is 26.6 Å². The summed E-state index contributed by atoms with van der Waals surface area (Å²) in [6.45, 7) is 0. The molecule has 1 aromatic heterocycles. The topological polar surface area (TPSA) is 38.7 Å². The molecule has 4 heteroatoms. The Bertz CT molecular complexity index is 1590. The van der Waals surface area contributed by atoms with Gasteiger partial charge in [-0.15, -0.1) is 0 Å². The van der Waals surface area contributed by atoms with Crippen LogP contribution in [0.2, 0.25) is 5.02 Å². The van der Waals surface area contributed by atoms with Gasteiger partial charge in [0.25, 0.3) is 0 Å². The summed E-state index contributed by atoms with van der Waals surface area (Å²) in [7, 11) is 0. The highest BCUT2D eigenvalue weighted by atomic mass is 35.5. The Labute approximate surface area is 208 Å². The number of nitrogens with zero attached hydrogens (tertiary/aromatic N) is 3. The Hall–Kier alpha value is -4.34. The van der Waals surface area contributed by atoms with Gasteiger partial charge >= 0.3 is 0 Å². The lowest BCUT2D eigenvalue weighted by Crippen LogP contribution is -2.00. The van der Waals surface area contributed by atoms with Crippen LogP contribution in [0.3, 0.4) is 0 Å². The van der Waals surface area contributed by atoms with Crippen molar-refractivity contribution in [2.75, 3.05) is 0 Å². The molecule has 0 N–H and O–H groups in total. The van der Waals surface area contributed by atoms with Crippen molar-refractivity contribution < 1.29 is 0 Å². The maximum absolute atomic E-state index is 6.47. The van der Waals surface area contributed by atoms with Crippen LogP contribution >= 0.6 is 11.6 Å². The van der Waals surface area contributed by atoms with Crippen molar-refractivity contribution in [2.24, 2.45) is 0 Å². The van der Waals surface area contributed by atoms with Crippen molar-refractivity contribution in [1.29, 1.82) is 0 Å². The molecule has 3 nitrogen and oxygen atoms in total. The molecule has 0 unspecified atom stereocenters. The van der Waals surface area contributed by atoms with Gasteiger partial charge in [0, 0.05) is 27.1 Å². The van der Waals surface area contributed by atoms with Gasteiger partial charge in [0.1, 0.15) is 0 Å². The smallest absolute Gasteiger partial charge is 0.164 e. The molecule has 0 atom stereocenters. The molecule has 5 aromatic carbocycles. The van der Waals surface area contributed by atoms with Crippen LogP contribution in [-0.2, 0) is 0 Å². The first-order valence-electron chi connectivity index (χ1n) is 11.4. The van der Waals surface area contributed by atoms with E-state index in [0.29, 0.717) is 17.5 Å². The maximum atomic E-state index is 6.47. The number of rotatable bonds is 4. The van der Waals surface area contributed by atoms with E-state index in [0.717, 1.165) is 43.6 Å². The summed E-state index contributed by atoms with van der Waals surface area (Å²) in [5.74, 6) is 1.94. The average molecular weight is 470 g/mol. The molecule has 0 amide bonds. The Morgan fingerprint density at radius 1 is 0.400 bits per heavy atom. The maximum Gasteiger partial charge on any atom is 0.164 e. The van der Waals surface area contributed by atoms with Gasteiger partial charge in [0.15, 0.2) is 17.5 Å². The quantitative estimate of drug-likeness (QED) is 0.260. The van der Waals surface area contributed by atoms with Crippen LogP contribution in [0.15, 0.2) is 121 Å². The van der Waals surface area contributed by atoms with Gasteiger partial charge in [0.05, 0.1) is 0 Å². The molecule has 35 heavy (non-hydrogen) atoms.